The zero-order chi connectivity index (χ0) is 23.8. The molecule has 10 heteroatoms. The van der Waals surface area contributed by atoms with Gasteiger partial charge in [0.2, 0.25) is 10.0 Å². The van der Waals surface area contributed by atoms with Crippen LogP contribution >= 0.6 is 0 Å². The number of ether oxygens (including phenoxy) is 2. The van der Waals surface area contributed by atoms with Gasteiger partial charge >= 0.3 is 0 Å². The van der Waals surface area contributed by atoms with Crippen molar-refractivity contribution in [2.24, 2.45) is 5.16 Å². The van der Waals surface area contributed by atoms with Crippen molar-refractivity contribution >= 4 is 27.8 Å². The lowest BCUT2D eigenvalue weighted by Crippen LogP contribution is -2.36. The number of hydrogen-bond acceptors (Lipinski definition) is 7. The molecule has 0 aromatic heterocycles. The van der Waals surface area contributed by atoms with Crippen molar-refractivity contribution in [1.82, 2.24) is 4.31 Å². The maximum absolute atomic E-state index is 13.0. The fourth-order valence-corrected chi connectivity index (χ4v) is 5.29. The van der Waals surface area contributed by atoms with E-state index in [9.17, 15) is 13.2 Å². The summed E-state index contributed by atoms with van der Waals surface area (Å²) in [5.41, 5.74) is 1.72. The normalized spacial score (nSPS) is 14.8. The van der Waals surface area contributed by atoms with Crippen molar-refractivity contribution in [1.29, 1.82) is 0 Å². The number of hydrogen-bond donors (Lipinski definition) is 1. The predicted octanol–water partition coefficient (Wildman–Crippen LogP) is 3.18. The monoisotopic (exact) mass is 475 g/mol. The molecule has 2 aromatic carbocycles. The Labute approximate surface area is 194 Å². The van der Waals surface area contributed by atoms with Gasteiger partial charge in [0, 0.05) is 24.3 Å². The van der Waals surface area contributed by atoms with Gasteiger partial charge in [0.15, 0.2) is 18.1 Å². The number of sulfonamides is 1. The van der Waals surface area contributed by atoms with Gasteiger partial charge in [-0.15, -0.1) is 0 Å². The first kappa shape index (κ1) is 24.5. The summed E-state index contributed by atoms with van der Waals surface area (Å²) in [4.78, 5) is 17.5. The van der Waals surface area contributed by atoms with Crippen molar-refractivity contribution in [2.75, 3.05) is 39.2 Å². The molecule has 9 nitrogen and oxygen atoms in total. The lowest BCUT2D eigenvalue weighted by atomic mass is 10.2. The molecule has 1 aliphatic heterocycles. The summed E-state index contributed by atoms with van der Waals surface area (Å²) in [6.07, 6.45) is 4.20. The molecule has 0 unspecified atom stereocenters. The number of amides is 1. The molecule has 3 rings (SSSR count). The Morgan fingerprint density at radius 1 is 1.06 bits per heavy atom. The predicted molar refractivity (Wildman–Crippen MR) is 126 cm³/mol. The van der Waals surface area contributed by atoms with Gasteiger partial charge in [0.05, 0.1) is 25.3 Å². The number of anilines is 1. The highest BCUT2D eigenvalue weighted by atomic mass is 32.2. The number of carbonyl (C=O) groups is 1. The van der Waals surface area contributed by atoms with Gasteiger partial charge in [-0.3, -0.25) is 4.79 Å². The van der Waals surface area contributed by atoms with Crippen LogP contribution in [-0.4, -0.2) is 58.8 Å². The number of aryl methyl sites for hydroxylation is 1. The third-order valence-corrected chi connectivity index (χ3v) is 7.32. The molecule has 1 N–H and O–H groups in total. The Morgan fingerprint density at radius 3 is 2.48 bits per heavy atom. The number of oxime groups is 1. The SMILES string of the molecule is COc1ccc(/C=N/OCC(=O)Nc2ccc(C)c(S(=O)(=O)N3CCCCC3)c2)cc1OC. The Bertz CT molecular complexity index is 1110. The largest absolute Gasteiger partial charge is 0.493 e. The van der Waals surface area contributed by atoms with E-state index >= 15 is 0 Å². The Balaban J connectivity index is 1.59. The molecule has 2 aromatic rings. The standard InChI is InChI=1S/C23H29N3O6S/c1-17-7-9-19(14-22(17)33(28,29)26-11-5-4-6-12-26)25-23(27)16-32-24-15-18-8-10-20(30-2)21(13-18)31-3/h7-10,13-15H,4-6,11-12,16H2,1-3H3,(H,25,27)/b24-15+. The molecular weight excluding hydrogens is 446 g/mol. The van der Waals surface area contributed by atoms with E-state index in [0.717, 1.165) is 19.3 Å². The van der Waals surface area contributed by atoms with Gasteiger partial charge in [0.25, 0.3) is 5.91 Å². The molecule has 1 heterocycles. The second-order valence-electron chi connectivity index (χ2n) is 7.62. The van der Waals surface area contributed by atoms with Crippen LogP contribution in [0.3, 0.4) is 0 Å². The van der Waals surface area contributed by atoms with Crippen LogP contribution in [0.15, 0.2) is 46.4 Å². The van der Waals surface area contributed by atoms with E-state index in [-0.39, 0.29) is 11.5 Å². The average Bonchev–Trinajstić information content (AvgIpc) is 2.83. The molecule has 0 aliphatic carbocycles. The van der Waals surface area contributed by atoms with E-state index in [4.69, 9.17) is 14.3 Å². The topological polar surface area (TPSA) is 107 Å². The van der Waals surface area contributed by atoms with Crippen LogP contribution in [0.4, 0.5) is 5.69 Å². The van der Waals surface area contributed by atoms with Crippen LogP contribution in [-0.2, 0) is 19.7 Å². The lowest BCUT2D eigenvalue weighted by molar-refractivity contribution is -0.120. The lowest BCUT2D eigenvalue weighted by Gasteiger charge is -2.26. The first-order valence-corrected chi connectivity index (χ1v) is 12.1. The molecule has 1 amide bonds. The third kappa shape index (κ3) is 6.23. The molecule has 0 radical (unpaired) electrons. The van der Waals surface area contributed by atoms with Crippen LogP contribution < -0.4 is 14.8 Å². The van der Waals surface area contributed by atoms with E-state index < -0.39 is 15.9 Å². The number of nitrogens with one attached hydrogen (secondary N) is 1. The van der Waals surface area contributed by atoms with Gasteiger partial charge < -0.3 is 19.6 Å². The van der Waals surface area contributed by atoms with E-state index in [1.54, 1.807) is 44.4 Å². The minimum atomic E-state index is -3.61. The summed E-state index contributed by atoms with van der Waals surface area (Å²) in [6, 6.07) is 10.1. The molecule has 1 fully saturated rings. The van der Waals surface area contributed by atoms with Crippen molar-refractivity contribution < 1.29 is 27.5 Å². The molecule has 0 atom stereocenters. The number of nitrogens with zero attached hydrogens (tertiary/aromatic N) is 2. The molecule has 33 heavy (non-hydrogen) atoms. The van der Waals surface area contributed by atoms with E-state index in [0.29, 0.717) is 41.4 Å². The molecule has 1 saturated heterocycles. The summed E-state index contributed by atoms with van der Waals surface area (Å²) < 4.78 is 38.0. The van der Waals surface area contributed by atoms with Crippen molar-refractivity contribution in [3.8, 4) is 11.5 Å². The molecule has 0 spiro atoms. The molecule has 1 aliphatic rings. The highest BCUT2D eigenvalue weighted by Gasteiger charge is 2.27. The highest BCUT2D eigenvalue weighted by molar-refractivity contribution is 7.89. The fraction of sp³-hybridized carbons (Fsp3) is 0.391. The summed E-state index contributed by atoms with van der Waals surface area (Å²) in [7, 11) is -0.521. The Hall–Kier alpha value is -3.11. The zero-order valence-corrected chi connectivity index (χ0v) is 19.9. The van der Waals surface area contributed by atoms with Crippen molar-refractivity contribution in [3.05, 3.63) is 47.5 Å². The number of rotatable bonds is 9. The number of piperidine rings is 1. The minimum absolute atomic E-state index is 0.203. The summed E-state index contributed by atoms with van der Waals surface area (Å²) >= 11 is 0. The Kier molecular flexibility index (Phi) is 8.29. The maximum atomic E-state index is 13.0. The number of methoxy groups -OCH3 is 2. The smallest absolute Gasteiger partial charge is 0.265 e. The summed E-state index contributed by atoms with van der Waals surface area (Å²) in [6.45, 7) is 2.45. The van der Waals surface area contributed by atoms with Crippen LogP contribution in [0.2, 0.25) is 0 Å². The number of carbonyl (C=O) groups excluding carboxylic acids is 1. The van der Waals surface area contributed by atoms with Gasteiger partial charge in [-0.05, 0) is 55.7 Å². The first-order valence-electron chi connectivity index (χ1n) is 10.6. The third-order valence-electron chi connectivity index (χ3n) is 5.28. The highest BCUT2D eigenvalue weighted by Crippen LogP contribution is 2.27. The first-order chi connectivity index (χ1) is 15.8. The summed E-state index contributed by atoms with van der Waals surface area (Å²) in [5, 5.41) is 6.46. The summed E-state index contributed by atoms with van der Waals surface area (Å²) in [5.74, 6) is 0.688. The number of benzene rings is 2. The van der Waals surface area contributed by atoms with Gasteiger partial charge in [-0.2, -0.15) is 4.31 Å². The van der Waals surface area contributed by atoms with Crippen molar-refractivity contribution in [3.63, 3.8) is 0 Å². The van der Waals surface area contributed by atoms with Crippen LogP contribution in [0, 0.1) is 6.92 Å². The minimum Gasteiger partial charge on any atom is -0.493 e. The zero-order valence-electron chi connectivity index (χ0n) is 19.0. The van der Waals surface area contributed by atoms with Crippen LogP contribution in [0.25, 0.3) is 0 Å². The molecule has 0 saturated carbocycles. The molecule has 0 bridgehead atoms. The van der Waals surface area contributed by atoms with E-state index in [2.05, 4.69) is 10.5 Å². The van der Waals surface area contributed by atoms with Gasteiger partial charge in [0.1, 0.15) is 0 Å². The second-order valence-corrected chi connectivity index (χ2v) is 9.52. The molecular formula is C23H29N3O6S. The van der Waals surface area contributed by atoms with Gasteiger partial charge in [-0.1, -0.05) is 17.6 Å². The van der Waals surface area contributed by atoms with Gasteiger partial charge in [-0.25, -0.2) is 8.42 Å². The molecule has 178 valence electrons. The van der Waals surface area contributed by atoms with Crippen LogP contribution in [0.5, 0.6) is 11.5 Å². The average molecular weight is 476 g/mol. The van der Waals surface area contributed by atoms with Crippen molar-refractivity contribution in [2.45, 2.75) is 31.1 Å². The van der Waals surface area contributed by atoms with E-state index in [1.807, 2.05) is 0 Å². The quantitative estimate of drug-likeness (QED) is 0.441. The van der Waals surface area contributed by atoms with Crippen LogP contribution in [0.1, 0.15) is 30.4 Å². The fourth-order valence-electron chi connectivity index (χ4n) is 3.52. The second kappa shape index (κ2) is 11.2. The maximum Gasteiger partial charge on any atom is 0.265 e. The van der Waals surface area contributed by atoms with E-state index in [1.165, 1.54) is 23.7 Å². The Morgan fingerprint density at radius 2 is 1.79 bits per heavy atom.